The molecule has 0 aromatic heterocycles. The molecule has 0 amide bonds. The molecule has 20 heavy (non-hydrogen) atoms. The number of hydrogen-bond acceptors (Lipinski definition) is 1. The first-order valence-corrected chi connectivity index (χ1v) is 7.48. The fourth-order valence-corrected chi connectivity index (χ4v) is 3.13. The molecule has 0 saturated carbocycles. The van der Waals surface area contributed by atoms with Crippen molar-refractivity contribution in [3.8, 4) is 0 Å². The van der Waals surface area contributed by atoms with Crippen molar-refractivity contribution in [2.45, 2.75) is 12.3 Å². The Labute approximate surface area is 132 Å². The van der Waals surface area contributed by atoms with Crippen LogP contribution in [0.15, 0.2) is 51.4 Å². The first kappa shape index (κ1) is 15.2. The molecule has 0 bridgehead atoms. The summed E-state index contributed by atoms with van der Waals surface area (Å²) in [6, 6.07) is 11.6. The van der Waals surface area contributed by atoms with Crippen LogP contribution in [0.5, 0.6) is 0 Å². The molecule has 0 aliphatic rings. The van der Waals surface area contributed by atoms with Crippen molar-refractivity contribution in [1.82, 2.24) is 0 Å². The third-order valence-electron chi connectivity index (χ3n) is 2.94. The van der Waals surface area contributed by atoms with Crippen molar-refractivity contribution < 1.29 is 14.3 Å². The molecule has 0 aliphatic heterocycles. The zero-order valence-corrected chi connectivity index (χ0v) is 13.5. The monoisotopic (exact) mass is 400 g/mol. The number of carbonyl (C=O) groups is 1. The largest absolute Gasteiger partial charge is 0.481 e. The van der Waals surface area contributed by atoms with Crippen LogP contribution in [-0.4, -0.2) is 11.1 Å². The smallest absolute Gasteiger partial charge is 0.311 e. The van der Waals surface area contributed by atoms with E-state index in [-0.39, 0.29) is 12.2 Å². The van der Waals surface area contributed by atoms with Gasteiger partial charge in [0.1, 0.15) is 5.82 Å². The van der Waals surface area contributed by atoms with Crippen molar-refractivity contribution in [3.63, 3.8) is 0 Å². The second kappa shape index (κ2) is 6.50. The zero-order valence-electron chi connectivity index (χ0n) is 10.3. The van der Waals surface area contributed by atoms with E-state index in [2.05, 4.69) is 31.9 Å². The Kier molecular flexibility index (Phi) is 4.94. The summed E-state index contributed by atoms with van der Waals surface area (Å²) in [6.07, 6.45) is 0.230. The lowest BCUT2D eigenvalue weighted by molar-refractivity contribution is -0.138. The molecule has 1 N–H and O–H groups in total. The molecular weight excluding hydrogens is 391 g/mol. The van der Waals surface area contributed by atoms with Crippen LogP contribution in [0.4, 0.5) is 4.39 Å². The molecule has 2 aromatic rings. The van der Waals surface area contributed by atoms with Gasteiger partial charge in [-0.05, 0) is 41.8 Å². The second-order valence-electron chi connectivity index (χ2n) is 4.39. The van der Waals surface area contributed by atoms with Crippen LogP contribution in [0.1, 0.15) is 17.0 Å². The van der Waals surface area contributed by atoms with Gasteiger partial charge in [0.15, 0.2) is 0 Å². The highest BCUT2D eigenvalue weighted by molar-refractivity contribution is 9.10. The van der Waals surface area contributed by atoms with Gasteiger partial charge < -0.3 is 5.11 Å². The molecule has 2 aromatic carbocycles. The van der Waals surface area contributed by atoms with Crippen LogP contribution < -0.4 is 0 Å². The minimum Gasteiger partial charge on any atom is -0.481 e. The van der Waals surface area contributed by atoms with Crippen molar-refractivity contribution in [1.29, 1.82) is 0 Å². The van der Waals surface area contributed by atoms with Crippen molar-refractivity contribution in [2.75, 3.05) is 0 Å². The molecule has 2 nitrogen and oxygen atoms in total. The van der Waals surface area contributed by atoms with Crippen LogP contribution in [0.3, 0.4) is 0 Å². The molecule has 0 heterocycles. The highest BCUT2D eigenvalue weighted by atomic mass is 79.9. The van der Waals surface area contributed by atoms with Gasteiger partial charge in [-0.15, -0.1) is 0 Å². The number of carboxylic acid groups (broad SMARTS) is 1. The summed E-state index contributed by atoms with van der Waals surface area (Å²) >= 11 is 6.57. The Morgan fingerprint density at radius 3 is 2.50 bits per heavy atom. The fourth-order valence-electron chi connectivity index (χ4n) is 2.05. The number of benzene rings is 2. The third-order valence-corrected chi connectivity index (χ3v) is 4.12. The van der Waals surface area contributed by atoms with Gasteiger partial charge in [0.05, 0.1) is 5.92 Å². The molecule has 1 unspecified atom stereocenters. The van der Waals surface area contributed by atoms with Gasteiger partial charge in [0.25, 0.3) is 0 Å². The van der Waals surface area contributed by atoms with Gasteiger partial charge in [-0.3, -0.25) is 4.79 Å². The van der Waals surface area contributed by atoms with Gasteiger partial charge in [-0.25, -0.2) is 4.39 Å². The Morgan fingerprint density at radius 2 is 1.90 bits per heavy atom. The summed E-state index contributed by atoms with van der Waals surface area (Å²) in [4.78, 5) is 11.5. The topological polar surface area (TPSA) is 37.3 Å². The zero-order chi connectivity index (χ0) is 14.7. The molecule has 0 saturated heterocycles. The molecular formula is C15H11Br2FO2. The van der Waals surface area contributed by atoms with Crippen LogP contribution in [0.2, 0.25) is 0 Å². The Balaban J connectivity index is 2.36. The summed E-state index contributed by atoms with van der Waals surface area (Å²) in [7, 11) is 0. The number of rotatable bonds is 4. The summed E-state index contributed by atoms with van der Waals surface area (Å²) in [5.74, 6) is -2.04. The predicted molar refractivity (Wildman–Crippen MR) is 82.3 cm³/mol. The van der Waals surface area contributed by atoms with Crippen molar-refractivity contribution >= 4 is 37.8 Å². The molecule has 0 radical (unpaired) electrons. The van der Waals surface area contributed by atoms with Crippen LogP contribution in [0, 0.1) is 5.82 Å². The van der Waals surface area contributed by atoms with Gasteiger partial charge >= 0.3 is 5.97 Å². The minimum absolute atomic E-state index is 0.230. The fraction of sp³-hybridized carbons (Fsp3) is 0.133. The van der Waals surface area contributed by atoms with E-state index in [0.717, 1.165) is 4.47 Å². The maximum Gasteiger partial charge on any atom is 0.311 e. The predicted octanol–water partition coefficient (Wildman–Crippen LogP) is 4.76. The van der Waals surface area contributed by atoms with E-state index >= 15 is 0 Å². The second-order valence-corrected chi connectivity index (χ2v) is 6.16. The van der Waals surface area contributed by atoms with Crippen LogP contribution >= 0.6 is 31.9 Å². The highest BCUT2D eigenvalue weighted by Crippen LogP contribution is 2.29. The molecule has 0 aliphatic carbocycles. The highest BCUT2D eigenvalue weighted by Gasteiger charge is 2.22. The van der Waals surface area contributed by atoms with E-state index in [1.54, 1.807) is 24.3 Å². The maximum atomic E-state index is 13.4. The van der Waals surface area contributed by atoms with E-state index in [0.29, 0.717) is 15.6 Å². The van der Waals surface area contributed by atoms with Crippen LogP contribution in [0.25, 0.3) is 0 Å². The van der Waals surface area contributed by atoms with Crippen molar-refractivity contribution in [2.24, 2.45) is 0 Å². The summed E-state index contributed by atoms with van der Waals surface area (Å²) < 4.78 is 14.7. The summed E-state index contributed by atoms with van der Waals surface area (Å²) in [5.41, 5.74) is 1.32. The van der Waals surface area contributed by atoms with Crippen LogP contribution in [-0.2, 0) is 11.2 Å². The Hall–Kier alpha value is -1.20. The quantitative estimate of drug-likeness (QED) is 0.801. The van der Waals surface area contributed by atoms with E-state index in [4.69, 9.17) is 0 Å². The van der Waals surface area contributed by atoms with Gasteiger partial charge in [-0.2, -0.15) is 0 Å². The number of halogens is 3. The normalized spacial score (nSPS) is 12.2. The van der Waals surface area contributed by atoms with Gasteiger partial charge in [0.2, 0.25) is 0 Å². The Morgan fingerprint density at radius 1 is 1.20 bits per heavy atom. The van der Waals surface area contributed by atoms with Crippen molar-refractivity contribution in [3.05, 3.63) is 68.4 Å². The van der Waals surface area contributed by atoms with E-state index in [9.17, 15) is 14.3 Å². The molecule has 0 spiro atoms. The number of carboxylic acids is 1. The summed E-state index contributed by atoms with van der Waals surface area (Å²) in [5, 5.41) is 9.42. The van der Waals surface area contributed by atoms with E-state index < -0.39 is 11.9 Å². The minimum atomic E-state index is -0.933. The molecule has 2 rings (SSSR count). The first-order chi connectivity index (χ1) is 9.47. The molecule has 104 valence electrons. The van der Waals surface area contributed by atoms with Gasteiger partial charge in [0, 0.05) is 8.95 Å². The molecule has 0 fully saturated rings. The summed E-state index contributed by atoms with van der Waals surface area (Å²) in [6.45, 7) is 0. The number of aliphatic carboxylic acids is 1. The average molecular weight is 402 g/mol. The standard InChI is InChI=1S/C15H11Br2FO2/c16-10-5-9(6-11(18)8-10)7-13(15(19)20)12-3-1-2-4-14(12)17/h1-6,8,13H,7H2,(H,19,20). The van der Waals surface area contributed by atoms with E-state index in [1.807, 2.05) is 6.07 Å². The molecule has 5 heteroatoms. The lowest BCUT2D eigenvalue weighted by Crippen LogP contribution is -2.15. The maximum absolute atomic E-state index is 13.4. The lowest BCUT2D eigenvalue weighted by Gasteiger charge is -2.15. The number of hydrogen-bond donors (Lipinski definition) is 1. The molecule has 1 atom stereocenters. The average Bonchev–Trinajstić information content (AvgIpc) is 2.35. The van der Waals surface area contributed by atoms with E-state index in [1.165, 1.54) is 12.1 Å². The lowest BCUT2D eigenvalue weighted by atomic mass is 9.92. The SMILES string of the molecule is O=C(O)C(Cc1cc(F)cc(Br)c1)c1ccccc1Br. The third kappa shape index (κ3) is 3.67. The Bertz CT molecular complexity index is 623. The van der Waals surface area contributed by atoms with Gasteiger partial charge in [-0.1, -0.05) is 50.1 Å². The first-order valence-electron chi connectivity index (χ1n) is 5.89.